The lowest BCUT2D eigenvalue weighted by molar-refractivity contribution is -0.138. The maximum Gasteiger partial charge on any atom is 0.416 e. The fourth-order valence-corrected chi connectivity index (χ4v) is 5.73. The summed E-state index contributed by atoms with van der Waals surface area (Å²) in [4.78, 5) is 21.4. The Morgan fingerprint density at radius 1 is 1.23 bits per heavy atom. The van der Waals surface area contributed by atoms with Crippen LogP contribution in [0, 0.1) is 5.41 Å². The van der Waals surface area contributed by atoms with Crippen LogP contribution < -0.4 is 5.32 Å². The number of nitrogens with zero attached hydrogens (tertiary/aromatic N) is 3. The first-order chi connectivity index (χ1) is 18.6. The fourth-order valence-electron chi connectivity index (χ4n) is 4.61. The van der Waals surface area contributed by atoms with E-state index in [1.54, 1.807) is 24.3 Å². The van der Waals surface area contributed by atoms with Gasteiger partial charge >= 0.3 is 6.18 Å². The van der Waals surface area contributed by atoms with Crippen molar-refractivity contribution in [3.8, 4) is 0 Å². The Morgan fingerprint density at radius 3 is 2.64 bits per heavy atom. The zero-order valence-electron chi connectivity index (χ0n) is 21.2. The number of aliphatic imine (C=N–C) groups is 1. The molecular formula is C27H28ClF4N5OS. The molecule has 12 heteroatoms. The minimum atomic E-state index is -4.55. The highest BCUT2D eigenvalue weighted by Crippen LogP contribution is 2.35. The number of amidine groups is 1. The third kappa shape index (κ3) is 7.20. The molecule has 0 atom stereocenters. The Morgan fingerprint density at radius 2 is 1.97 bits per heavy atom. The van der Waals surface area contributed by atoms with Gasteiger partial charge in [0.25, 0.3) is 5.91 Å². The van der Waals surface area contributed by atoms with Crippen molar-refractivity contribution in [1.29, 1.82) is 5.41 Å². The first-order valence-electron chi connectivity index (χ1n) is 12.4. The van der Waals surface area contributed by atoms with E-state index in [4.69, 9.17) is 17.0 Å². The molecule has 0 unspecified atom stereocenters. The quantitative estimate of drug-likeness (QED) is 0.217. The van der Waals surface area contributed by atoms with Crippen molar-refractivity contribution in [2.45, 2.75) is 31.6 Å². The smallest absolute Gasteiger partial charge is 0.380 e. The molecule has 208 valence electrons. The molecular weight excluding hydrogens is 554 g/mol. The molecule has 2 aromatic rings. The lowest BCUT2D eigenvalue weighted by Crippen LogP contribution is -2.45. The Labute approximate surface area is 233 Å². The molecule has 6 nitrogen and oxygen atoms in total. The van der Waals surface area contributed by atoms with E-state index in [2.05, 4.69) is 15.2 Å². The van der Waals surface area contributed by atoms with Crippen LogP contribution in [0.2, 0.25) is 5.02 Å². The number of likely N-dealkylation sites (tertiary alicyclic amines) is 1. The predicted molar refractivity (Wildman–Crippen MR) is 149 cm³/mol. The van der Waals surface area contributed by atoms with Gasteiger partial charge in [0.2, 0.25) is 0 Å². The summed E-state index contributed by atoms with van der Waals surface area (Å²) in [5.41, 5.74) is 0.819. The van der Waals surface area contributed by atoms with Crippen molar-refractivity contribution >= 4 is 52.4 Å². The van der Waals surface area contributed by atoms with E-state index in [1.807, 2.05) is 11.9 Å². The second-order valence-electron chi connectivity index (χ2n) is 9.33. The Balaban J connectivity index is 1.42. The van der Waals surface area contributed by atoms with Gasteiger partial charge in [0.05, 0.1) is 10.5 Å². The van der Waals surface area contributed by atoms with Crippen molar-refractivity contribution in [2.24, 2.45) is 4.99 Å². The zero-order chi connectivity index (χ0) is 28.2. The van der Waals surface area contributed by atoms with Gasteiger partial charge in [0.1, 0.15) is 6.67 Å². The highest BCUT2D eigenvalue weighted by molar-refractivity contribution is 8.18. The van der Waals surface area contributed by atoms with Gasteiger partial charge < -0.3 is 20.5 Å². The van der Waals surface area contributed by atoms with Crippen LogP contribution in [-0.4, -0.2) is 66.5 Å². The van der Waals surface area contributed by atoms with Gasteiger partial charge in [-0.3, -0.25) is 4.79 Å². The molecule has 2 N–H and O–H groups in total. The molecule has 39 heavy (non-hydrogen) atoms. The standard InChI is InChI=1S/C27H28ClF4N5OS/c1-36(21-6-9-37(10-7-21)11-8-29)26-35-25(38)24(39-26)13-17-2-5-23(19(12-17)15-33)34-16-18-3-4-20(28)14-22(18)27(30,31)32/h2-5,12-15,21,33-34H,6-11,16H2,1H3/b24-13-,33-15?. The molecule has 2 aliphatic heterocycles. The number of thioether (sulfide) groups is 1. The summed E-state index contributed by atoms with van der Waals surface area (Å²) in [6, 6.07) is 8.92. The summed E-state index contributed by atoms with van der Waals surface area (Å²) in [6.07, 6.45) is -0.0260. The third-order valence-corrected chi connectivity index (χ3v) is 8.10. The Kier molecular flexibility index (Phi) is 9.35. The molecule has 0 aromatic heterocycles. The van der Waals surface area contributed by atoms with E-state index in [0.717, 1.165) is 38.2 Å². The largest absolute Gasteiger partial charge is 0.416 e. The Hall–Kier alpha value is -2.89. The Bertz CT molecular complexity index is 1290. The van der Waals surface area contributed by atoms with Gasteiger partial charge in [-0.15, -0.1) is 0 Å². The number of piperidine rings is 1. The van der Waals surface area contributed by atoms with Crippen LogP contribution >= 0.6 is 23.4 Å². The van der Waals surface area contributed by atoms with Crippen LogP contribution in [0.15, 0.2) is 46.3 Å². The number of rotatable bonds is 8. The van der Waals surface area contributed by atoms with E-state index in [-0.39, 0.29) is 35.8 Å². The summed E-state index contributed by atoms with van der Waals surface area (Å²) >= 11 is 7.04. The average molecular weight is 582 g/mol. The highest BCUT2D eigenvalue weighted by Gasteiger charge is 2.33. The monoisotopic (exact) mass is 581 g/mol. The number of alkyl halides is 4. The molecule has 4 rings (SSSR count). The van der Waals surface area contributed by atoms with Crippen molar-refractivity contribution in [2.75, 3.05) is 38.7 Å². The van der Waals surface area contributed by atoms with Crippen LogP contribution in [0.4, 0.5) is 23.2 Å². The molecule has 0 radical (unpaired) electrons. The number of carbonyl (C=O) groups excluding carboxylic acids is 1. The molecule has 0 aliphatic carbocycles. The van der Waals surface area contributed by atoms with E-state index in [1.165, 1.54) is 23.9 Å². The number of hydrogen-bond acceptors (Lipinski definition) is 6. The molecule has 0 saturated carbocycles. The first kappa shape index (κ1) is 29.1. The van der Waals surface area contributed by atoms with E-state index < -0.39 is 11.7 Å². The van der Waals surface area contributed by atoms with E-state index in [9.17, 15) is 22.4 Å². The average Bonchev–Trinajstić information content (AvgIpc) is 3.27. The number of amides is 1. The molecule has 1 fully saturated rings. The number of benzene rings is 2. The van der Waals surface area contributed by atoms with Crippen LogP contribution in [0.1, 0.15) is 35.1 Å². The SMILES string of the molecule is CN(C1=NC(=O)/C(=C/c2ccc(NCc3ccc(Cl)cc3C(F)(F)F)c(C=N)c2)S1)C1CCN(CCF)CC1. The third-order valence-electron chi connectivity index (χ3n) is 6.79. The maximum atomic E-state index is 13.4. The number of anilines is 1. The molecule has 2 heterocycles. The molecule has 0 spiro atoms. The summed E-state index contributed by atoms with van der Waals surface area (Å²) in [7, 11) is 1.91. The van der Waals surface area contributed by atoms with Crippen LogP contribution in [0.25, 0.3) is 6.08 Å². The normalized spacial score (nSPS) is 17.9. The number of hydrogen-bond donors (Lipinski definition) is 2. The predicted octanol–water partition coefficient (Wildman–Crippen LogP) is 6.30. The molecule has 0 bridgehead atoms. The molecule has 2 aliphatic rings. The van der Waals surface area contributed by atoms with Crippen molar-refractivity contribution in [3.05, 3.63) is 68.6 Å². The highest BCUT2D eigenvalue weighted by atomic mass is 35.5. The van der Waals surface area contributed by atoms with E-state index in [0.29, 0.717) is 33.4 Å². The summed E-state index contributed by atoms with van der Waals surface area (Å²) < 4.78 is 52.9. The number of carbonyl (C=O) groups is 1. The van der Waals surface area contributed by atoms with Crippen LogP contribution in [-0.2, 0) is 17.5 Å². The van der Waals surface area contributed by atoms with Crippen molar-refractivity contribution in [1.82, 2.24) is 9.80 Å². The van der Waals surface area contributed by atoms with Gasteiger partial charge in [-0.05, 0) is 66.1 Å². The summed E-state index contributed by atoms with van der Waals surface area (Å²) in [5.74, 6) is -0.349. The number of halogens is 5. The fraction of sp³-hybridized carbons (Fsp3) is 0.370. The van der Waals surface area contributed by atoms with Gasteiger partial charge in [-0.25, -0.2) is 4.39 Å². The maximum absolute atomic E-state index is 13.4. The minimum absolute atomic E-state index is 0.000257. The molecule has 1 saturated heterocycles. The van der Waals surface area contributed by atoms with Crippen LogP contribution in [0.3, 0.4) is 0 Å². The zero-order valence-corrected chi connectivity index (χ0v) is 22.8. The second kappa shape index (κ2) is 12.5. The second-order valence-corrected chi connectivity index (χ2v) is 10.8. The lowest BCUT2D eigenvalue weighted by Gasteiger charge is -2.36. The van der Waals surface area contributed by atoms with Crippen LogP contribution in [0.5, 0.6) is 0 Å². The summed E-state index contributed by atoms with van der Waals surface area (Å²) in [6.45, 7) is 1.58. The number of nitrogens with one attached hydrogen (secondary N) is 2. The minimum Gasteiger partial charge on any atom is -0.380 e. The molecule has 1 amide bonds. The van der Waals surface area contributed by atoms with Crippen molar-refractivity contribution < 1.29 is 22.4 Å². The summed E-state index contributed by atoms with van der Waals surface area (Å²) in [5, 5.41) is 11.4. The molecule has 2 aromatic carbocycles. The van der Waals surface area contributed by atoms with Gasteiger partial charge in [0, 0.05) is 61.8 Å². The first-order valence-corrected chi connectivity index (χ1v) is 13.6. The van der Waals surface area contributed by atoms with Crippen molar-refractivity contribution in [3.63, 3.8) is 0 Å². The van der Waals surface area contributed by atoms with Gasteiger partial charge in [-0.2, -0.15) is 18.2 Å². The topological polar surface area (TPSA) is 71.8 Å². The van der Waals surface area contributed by atoms with E-state index >= 15 is 0 Å². The van der Waals surface area contributed by atoms with Gasteiger partial charge in [-0.1, -0.05) is 23.7 Å². The van der Waals surface area contributed by atoms with Gasteiger partial charge in [0.15, 0.2) is 5.17 Å². The lowest BCUT2D eigenvalue weighted by atomic mass is 10.0.